The molecule has 0 aliphatic carbocycles. The Morgan fingerprint density at radius 2 is 1.90 bits per heavy atom. The van der Waals surface area contributed by atoms with Crippen molar-refractivity contribution in [3.63, 3.8) is 0 Å². The number of ether oxygens (including phenoxy) is 1. The van der Waals surface area contributed by atoms with Gasteiger partial charge in [0.2, 0.25) is 0 Å². The van der Waals surface area contributed by atoms with Crippen molar-refractivity contribution in [3.05, 3.63) is 29.8 Å². The van der Waals surface area contributed by atoms with E-state index in [4.69, 9.17) is 16.3 Å². The van der Waals surface area contributed by atoms with Crippen LogP contribution in [0.15, 0.2) is 24.3 Å². The number of carbonyl (C=O) groups is 1. The van der Waals surface area contributed by atoms with Gasteiger partial charge in [-0.15, -0.1) is 11.6 Å². The van der Waals surface area contributed by atoms with Crippen LogP contribution >= 0.6 is 11.6 Å². The second-order valence-electron chi connectivity index (χ2n) is 5.42. The van der Waals surface area contributed by atoms with Gasteiger partial charge in [0.25, 0.3) is 5.91 Å². The lowest BCUT2D eigenvalue weighted by molar-refractivity contribution is 0.0434. The number of amides is 1. The topological polar surface area (TPSA) is 41.6 Å². The van der Waals surface area contributed by atoms with Crippen molar-refractivity contribution in [2.75, 3.05) is 38.1 Å². The van der Waals surface area contributed by atoms with Crippen LogP contribution in [0.5, 0.6) is 0 Å². The molecule has 0 aromatic heterocycles. The molecule has 0 spiro atoms. The van der Waals surface area contributed by atoms with Gasteiger partial charge in [0, 0.05) is 44.4 Å². The molecule has 0 bridgehead atoms. The van der Waals surface area contributed by atoms with Gasteiger partial charge in [-0.25, -0.2) is 0 Å². The summed E-state index contributed by atoms with van der Waals surface area (Å²) >= 11 is 6.06. The fraction of sp³-hybridized carbons (Fsp3) is 0.533. The summed E-state index contributed by atoms with van der Waals surface area (Å²) in [5.74, 6) is 0.343. The van der Waals surface area contributed by atoms with Gasteiger partial charge in [0.05, 0.1) is 5.54 Å². The standard InChI is InChI=1S/C15H21ClN2O2/c1-18(2)13-5-3-12(4-6-13)14(19)17-15(11-16)7-9-20-10-8-15/h3-6H,7-11H2,1-2H3,(H,17,19). The van der Waals surface area contributed by atoms with Crippen molar-refractivity contribution in [2.45, 2.75) is 18.4 Å². The van der Waals surface area contributed by atoms with E-state index in [1.807, 2.05) is 43.3 Å². The zero-order valence-electron chi connectivity index (χ0n) is 12.0. The molecule has 1 fully saturated rings. The summed E-state index contributed by atoms with van der Waals surface area (Å²) in [5.41, 5.74) is 1.39. The summed E-state index contributed by atoms with van der Waals surface area (Å²) in [6.45, 7) is 1.29. The van der Waals surface area contributed by atoms with E-state index in [1.54, 1.807) is 0 Å². The Kier molecular flexibility index (Phi) is 4.89. The summed E-state index contributed by atoms with van der Waals surface area (Å²) in [4.78, 5) is 14.3. The van der Waals surface area contributed by atoms with Crippen molar-refractivity contribution in [1.82, 2.24) is 5.32 Å². The van der Waals surface area contributed by atoms with Gasteiger partial charge in [-0.2, -0.15) is 0 Å². The number of hydrogen-bond acceptors (Lipinski definition) is 3. The highest BCUT2D eigenvalue weighted by molar-refractivity contribution is 6.19. The fourth-order valence-corrected chi connectivity index (χ4v) is 2.61. The largest absolute Gasteiger partial charge is 0.381 e. The van der Waals surface area contributed by atoms with E-state index in [-0.39, 0.29) is 11.4 Å². The Morgan fingerprint density at radius 1 is 1.30 bits per heavy atom. The fourth-order valence-electron chi connectivity index (χ4n) is 2.28. The van der Waals surface area contributed by atoms with E-state index in [1.165, 1.54) is 0 Å². The van der Waals surface area contributed by atoms with Gasteiger partial charge in [-0.05, 0) is 37.1 Å². The highest BCUT2D eigenvalue weighted by Crippen LogP contribution is 2.23. The summed E-state index contributed by atoms with van der Waals surface area (Å²) in [6, 6.07) is 7.55. The lowest BCUT2D eigenvalue weighted by Crippen LogP contribution is -2.53. The monoisotopic (exact) mass is 296 g/mol. The van der Waals surface area contributed by atoms with Gasteiger partial charge in [-0.1, -0.05) is 0 Å². The first-order valence-electron chi connectivity index (χ1n) is 6.80. The minimum Gasteiger partial charge on any atom is -0.381 e. The molecule has 1 amide bonds. The molecule has 4 nitrogen and oxygen atoms in total. The van der Waals surface area contributed by atoms with Crippen molar-refractivity contribution < 1.29 is 9.53 Å². The van der Waals surface area contributed by atoms with Gasteiger partial charge in [-0.3, -0.25) is 4.79 Å². The second kappa shape index (κ2) is 6.46. The SMILES string of the molecule is CN(C)c1ccc(C(=O)NC2(CCl)CCOCC2)cc1. The number of benzene rings is 1. The molecular formula is C15H21ClN2O2. The van der Waals surface area contributed by atoms with Crippen LogP contribution in [0.25, 0.3) is 0 Å². The molecule has 2 rings (SSSR count). The molecule has 0 saturated carbocycles. The molecule has 5 heteroatoms. The molecule has 0 radical (unpaired) electrons. The Bertz CT molecular complexity index is 453. The molecule has 1 aromatic rings. The molecule has 1 saturated heterocycles. The summed E-state index contributed by atoms with van der Waals surface area (Å²) in [6.07, 6.45) is 1.52. The molecule has 1 N–H and O–H groups in total. The van der Waals surface area contributed by atoms with E-state index in [0.717, 1.165) is 18.5 Å². The van der Waals surface area contributed by atoms with E-state index >= 15 is 0 Å². The molecule has 0 unspecified atom stereocenters. The predicted molar refractivity (Wildman–Crippen MR) is 81.7 cm³/mol. The number of carbonyl (C=O) groups excluding carboxylic acids is 1. The lowest BCUT2D eigenvalue weighted by Gasteiger charge is -2.36. The zero-order chi connectivity index (χ0) is 14.6. The number of rotatable bonds is 4. The zero-order valence-corrected chi connectivity index (χ0v) is 12.7. The van der Waals surface area contributed by atoms with E-state index in [2.05, 4.69) is 5.32 Å². The quantitative estimate of drug-likeness (QED) is 0.867. The first kappa shape index (κ1) is 15.1. The van der Waals surface area contributed by atoms with E-state index < -0.39 is 0 Å². The van der Waals surface area contributed by atoms with E-state index in [9.17, 15) is 4.79 Å². The van der Waals surface area contributed by atoms with Crippen molar-refractivity contribution in [1.29, 1.82) is 0 Å². The number of alkyl halides is 1. The normalized spacial score (nSPS) is 17.6. The van der Waals surface area contributed by atoms with Crippen LogP contribution in [0, 0.1) is 0 Å². The number of nitrogens with one attached hydrogen (secondary N) is 1. The molecule has 110 valence electrons. The van der Waals surface area contributed by atoms with Crippen molar-refractivity contribution >= 4 is 23.2 Å². The highest BCUT2D eigenvalue weighted by Gasteiger charge is 2.33. The van der Waals surface area contributed by atoms with Crippen LogP contribution in [0.3, 0.4) is 0 Å². The third kappa shape index (κ3) is 3.44. The molecule has 20 heavy (non-hydrogen) atoms. The maximum Gasteiger partial charge on any atom is 0.251 e. The van der Waals surface area contributed by atoms with Gasteiger partial charge in [0.15, 0.2) is 0 Å². The first-order chi connectivity index (χ1) is 9.56. The third-order valence-corrected chi connectivity index (χ3v) is 4.24. The maximum atomic E-state index is 12.3. The molecule has 1 aliphatic rings. The Balaban J connectivity index is 2.06. The number of hydrogen-bond donors (Lipinski definition) is 1. The van der Waals surface area contributed by atoms with Crippen LogP contribution in [0.2, 0.25) is 0 Å². The highest BCUT2D eigenvalue weighted by atomic mass is 35.5. The Labute approximate surface area is 125 Å². The Morgan fingerprint density at radius 3 is 2.40 bits per heavy atom. The molecular weight excluding hydrogens is 276 g/mol. The Hall–Kier alpha value is -1.26. The molecule has 1 heterocycles. The van der Waals surface area contributed by atoms with Gasteiger partial charge >= 0.3 is 0 Å². The van der Waals surface area contributed by atoms with Crippen molar-refractivity contribution in [3.8, 4) is 0 Å². The minimum absolute atomic E-state index is 0.0714. The second-order valence-corrected chi connectivity index (χ2v) is 5.69. The van der Waals surface area contributed by atoms with Crippen LogP contribution in [-0.4, -0.2) is 44.6 Å². The number of nitrogens with zero attached hydrogens (tertiary/aromatic N) is 1. The number of anilines is 1. The third-order valence-electron chi connectivity index (χ3n) is 3.73. The van der Waals surface area contributed by atoms with Gasteiger partial charge < -0.3 is 15.0 Å². The first-order valence-corrected chi connectivity index (χ1v) is 7.33. The smallest absolute Gasteiger partial charge is 0.251 e. The van der Waals surface area contributed by atoms with Gasteiger partial charge in [0.1, 0.15) is 0 Å². The van der Waals surface area contributed by atoms with Crippen LogP contribution in [0.4, 0.5) is 5.69 Å². The average Bonchev–Trinajstić information content (AvgIpc) is 2.48. The van der Waals surface area contributed by atoms with Crippen LogP contribution < -0.4 is 10.2 Å². The van der Waals surface area contributed by atoms with Crippen LogP contribution in [-0.2, 0) is 4.74 Å². The summed E-state index contributed by atoms with van der Waals surface area (Å²) in [7, 11) is 3.94. The summed E-state index contributed by atoms with van der Waals surface area (Å²) < 4.78 is 5.34. The predicted octanol–water partition coefficient (Wildman–Crippen LogP) is 2.27. The lowest BCUT2D eigenvalue weighted by atomic mass is 9.92. The summed E-state index contributed by atoms with van der Waals surface area (Å²) in [5, 5.41) is 3.08. The average molecular weight is 297 g/mol. The minimum atomic E-state index is -0.336. The molecule has 0 atom stereocenters. The van der Waals surface area contributed by atoms with Crippen molar-refractivity contribution in [2.24, 2.45) is 0 Å². The van der Waals surface area contributed by atoms with E-state index in [0.29, 0.717) is 24.7 Å². The number of halogens is 1. The molecule has 1 aliphatic heterocycles. The molecule has 1 aromatic carbocycles. The maximum absolute atomic E-state index is 12.3. The van der Waals surface area contributed by atoms with Crippen LogP contribution in [0.1, 0.15) is 23.2 Å².